The van der Waals surface area contributed by atoms with Crippen LogP contribution in [0.25, 0.3) is 0 Å². The molecule has 0 radical (unpaired) electrons. The predicted molar refractivity (Wildman–Crippen MR) is 65.7 cm³/mol. The number of ether oxygens (including phenoxy) is 1. The van der Waals surface area contributed by atoms with Gasteiger partial charge >= 0.3 is 0 Å². The molecule has 0 amide bonds. The molecule has 1 saturated carbocycles. The van der Waals surface area contributed by atoms with Gasteiger partial charge in [-0.05, 0) is 19.3 Å². The Bertz CT molecular complexity index is 356. The van der Waals surface area contributed by atoms with Crippen LogP contribution in [0.15, 0.2) is 12.4 Å². The summed E-state index contributed by atoms with van der Waals surface area (Å²) in [6.45, 7) is 3.01. The van der Waals surface area contributed by atoms with E-state index < -0.39 is 6.10 Å². The van der Waals surface area contributed by atoms with Crippen LogP contribution in [-0.2, 0) is 11.3 Å². The normalized spacial score (nSPS) is 20.6. The lowest BCUT2D eigenvalue weighted by Gasteiger charge is -2.32. The van der Waals surface area contributed by atoms with Crippen molar-refractivity contribution in [3.05, 3.63) is 18.0 Å². The van der Waals surface area contributed by atoms with Gasteiger partial charge < -0.3 is 9.84 Å². The first-order valence-corrected chi connectivity index (χ1v) is 6.47. The van der Waals surface area contributed by atoms with E-state index in [1.54, 1.807) is 13.3 Å². The van der Waals surface area contributed by atoms with E-state index in [2.05, 4.69) is 12.0 Å². The minimum absolute atomic E-state index is 0.389. The molecule has 1 aromatic heterocycles. The van der Waals surface area contributed by atoms with E-state index in [0.717, 1.165) is 44.2 Å². The molecule has 0 saturated heterocycles. The monoisotopic (exact) mass is 238 g/mol. The highest BCUT2D eigenvalue weighted by Crippen LogP contribution is 2.42. The molecule has 1 fully saturated rings. The van der Waals surface area contributed by atoms with E-state index in [9.17, 15) is 5.11 Å². The third-order valence-electron chi connectivity index (χ3n) is 3.78. The number of nitrogens with zero attached hydrogens (tertiary/aromatic N) is 2. The van der Waals surface area contributed by atoms with Crippen LogP contribution in [0, 0.1) is 0 Å². The molecule has 1 N–H and O–H groups in total. The Labute approximate surface area is 103 Å². The fourth-order valence-corrected chi connectivity index (χ4v) is 2.74. The van der Waals surface area contributed by atoms with Crippen molar-refractivity contribution in [2.45, 2.75) is 57.3 Å². The van der Waals surface area contributed by atoms with Crippen LogP contribution in [-0.4, -0.2) is 27.6 Å². The van der Waals surface area contributed by atoms with Crippen molar-refractivity contribution < 1.29 is 9.84 Å². The van der Waals surface area contributed by atoms with Gasteiger partial charge in [-0.15, -0.1) is 0 Å². The lowest BCUT2D eigenvalue weighted by molar-refractivity contribution is -0.100. The molecule has 1 atom stereocenters. The van der Waals surface area contributed by atoms with Crippen LogP contribution < -0.4 is 0 Å². The molecule has 96 valence electrons. The smallest absolute Gasteiger partial charge is 0.111 e. The molecule has 2 rings (SSSR count). The molecule has 0 aliphatic heterocycles. The highest BCUT2D eigenvalue weighted by atomic mass is 16.5. The zero-order valence-electron chi connectivity index (χ0n) is 10.7. The van der Waals surface area contributed by atoms with Crippen LogP contribution in [0.4, 0.5) is 0 Å². The summed E-state index contributed by atoms with van der Waals surface area (Å²) in [5, 5.41) is 14.7. The number of aryl methyl sites for hydroxylation is 1. The number of methoxy groups -OCH3 is 1. The van der Waals surface area contributed by atoms with Crippen molar-refractivity contribution in [3.63, 3.8) is 0 Å². The third-order valence-corrected chi connectivity index (χ3v) is 3.78. The average Bonchev–Trinajstić information content (AvgIpc) is 2.98. The average molecular weight is 238 g/mol. The summed E-state index contributed by atoms with van der Waals surface area (Å²) in [6.07, 6.45) is 8.33. The van der Waals surface area contributed by atoms with E-state index in [1.165, 1.54) is 0 Å². The quantitative estimate of drug-likeness (QED) is 0.856. The Balaban J connectivity index is 2.14. The summed E-state index contributed by atoms with van der Waals surface area (Å²) < 4.78 is 7.48. The van der Waals surface area contributed by atoms with Gasteiger partial charge in [0.15, 0.2) is 0 Å². The van der Waals surface area contributed by atoms with Gasteiger partial charge in [0.2, 0.25) is 0 Å². The van der Waals surface area contributed by atoms with Gasteiger partial charge in [0, 0.05) is 25.4 Å². The maximum Gasteiger partial charge on any atom is 0.111 e. The molecule has 0 bridgehead atoms. The van der Waals surface area contributed by atoms with E-state index in [4.69, 9.17) is 4.74 Å². The molecular formula is C13H22N2O2. The molecule has 0 spiro atoms. The predicted octanol–water partition coefficient (Wildman–Crippen LogP) is 2.29. The van der Waals surface area contributed by atoms with Crippen LogP contribution >= 0.6 is 0 Å². The summed E-state index contributed by atoms with van der Waals surface area (Å²) in [7, 11) is 1.70. The first-order valence-electron chi connectivity index (χ1n) is 6.47. The SMILES string of the molecule is CCCn1cc(C(O)C2(OC)CCCC2)cn1. The lowest BCUT2D eigenvalue weighted by Crippen LogP contribution is -2.35. The van der Waals surface area contributed by atoms with Crippen molar-refractivity contribution >= 4 is 0 Å². The molecule has 1 aliphatic carbocycles. The van der Waals surface area contributed by atoms with Gasteiger partial charge in [0.1, 0.15) is 6.10 Å². The number of aromatic nitrogens is 2. The molecule has 1 unspecified atom stereocenters. The molecule has 1 heterocycles. The first-order chi connectivity index (χ1) is 8.22. The zero-order valence-corrected chi connectivity index (χ0v) is 10.7. The molecule has 4 nitrogen and oxygen atoms in total. The van der Waals surface area contributed by atoms with Crippen molar-refractivity contribution in [2.24, 2.45) is 0 Å². The summed E-state index contributed by atoms with van der Waals surface area (Å²) in [5.74, 6) is 0. The van der Waals surface area contributed by atoms with Gasteiger partial charge in [-0.2, -0.15) is 5.10 Å². The summed E-state index contributed by atoms with van der Waals surface area (Å²) in [5.41, 5.74) is 0.488. The minimum Gasteiger partial charge on any atom is -0.385 e. The number of aliphatic hydroxyl groups is 1. The minimum atomic E-state index is -0.555. The lowest BCUT2D eigenvalue weighted by atomic mass is 9.91. The Morgan fingerprint density at radius 3 is 2.82 bits per heavy atom. The second-order valence-corrected chi connectivity index (χ2v) is 4.92. The topological polar surface area (TPSA) is 47.3 Å². The zero-order chi connectivity index (χ0) is 12.3. The number of rotatable bonds is 5. The maximum atomic E-state index is 10.5. The molecular weight excluding hydrogens is 216 g/mol. The molecule has 17 heavy (non-hydrogen) atoms. The molecule has 0 aromatic carbocycles. The fourth-order valence-electron chi connectivity index (χ4n) is 2.74. The van der Waals surface area contributed by atoms with Gasteiger partial charge in [-0.3, -0.25) is 4.68 Å². The third kappa shape index (κ3) is 2.38. The molecule has 4 heteroatoms. The van der Waals surface area contributed by atoms with E-state index in [-0.39, 0.29) is 5.60 Å². The van der Waals surface area contributed by atoms with Crippen molar-refractivity contribution in [1.29, 1.82) is 0 Å². The molecule has 1 aromatic rings. The van der Waals surface area contributed by atoms with Crippen LogP contribution in [0.5, 0.6) is 0 Å². The second-order valence-electron chi connectivity index (χ2n) is 4.92. The van der Waals surface area contributed by atoms with E-state index >= 15 is 0 Å². The second kappa shape index (κ2) is 5.19. The largest absolute Gasteiger partial charge is 0.385 e. The Kier molecular flexibility index (Phi) is 3.84. The molecule has 1 aliphatic rings. The number of aliphatic hydroxyl groups excluding tert-OH is 1. The van der Waals surface area contributed by atoms with E-state index in [1.807, 2.05) is 10.9 Å². The van der Waals surface area contributed by atoms with Crippen LogP contribution in [0.2, 0.25) is 0 Å². The highest BCUT2D eigenvalue weighted by molar-refractivity contribution is 5.14. The van der Waals surface area contributed by atoms with Gasteiger partial charge in [0.05, 0.1) is 11.8 Å². The summed E-state index contributed by atoms with van der Waals surface area (Å²) >= 11 is 0. The van der Waals surface area contributed by atoms with Crippen LogP contribution in [0.3, 0.4) is 0 Å². The maximum absolute atomic E-state index is 10.5. The Morgan fingerprint density at radius 1 is 1.53 bits per heavy atom. The van der Waals surface area contributed by atoms with Crippen molar-refractivity contribution in [1.82, 2.24) is 9.78 Å². The van der Waals surface area contributed by atoms with Crippen LogP contribution in [0.1, 0.15) is 50.7 Å². The van der Waals surface area contributed by atoms with Crippen molar-refractivity contribution in [3.8, 4) is 0 Å². The Morgan fingerprint density at radius 2 is 2.24 bits per heavy atom. The number of hydrogen-bond donors (Lipinski definition) is 1. The highest BCUT2D eigenvalue weighted by Gasteiger charge is 2.42. The van der Waals surface area contributed by atoms with Gasteiger partial charge in [-0.1, -0.05) is 19.8 Å². The fraction of sp³-hybridized carbons (Fsp3) is 0.769. The van der Waals surface area contributed by atoms with Crippen molar-refractivity contribution in [2.75, 3.05) is 7.11 Å². The first kappa shape index (κ1) is 12.6. The summed E-state index contributed by atoms with van der Waals surface area (Å²) in [6, 6.07) is 0. The van der Waals surface area contributed by atoms with Gasteiger partial charge in [-0.25, -0.2) is 0 Å². The van der Waals surface area contributed by atoms with E-state index in [0.29, 0.717) is 0 Å². The van der Waals surface area contributed by atoms with Gasteiger partial charge in [0.25, 0.3) is 0 Å². The standard InChI is InChI=1S/C13H22N2O2/c1-3-8-15-10-11(9-14-15)12(16)13(17-2)6-4-5-7-13/h9-10,12,16H,3-8H2,1-2H3. The Hall–Kier alpha value is -0.870. The number of hydrogen-bond acceptors (Lipinski definition) is 3. The summed E-state index contributed by atoms with van der Waals surface area (Å²) in [4.78, 5) is 0.